The van der Waals surface area contributed by atoms with Crippen LogP contribution in [-0.4, -0.2) is 61.1 Å². The number of nitrogens with one attached hydrogen (secondary N) is 1. The van der Waals surface area contributed by atoms with Crippen LogP contribution >= 0.6 is 0 Å². The lowest BCUT2D eigenvalue weighted by atomic mass is 9.98. The minimum atomic E-state index is -2.94. The van der Waals surface area contributed by atoms with Crippen molar-refractivity contribution in [1.29, 1.82) is 0 Å². The molecule has 1 atom stereocenters. The lowest BCUT2D eigenvalue weighted by Crippen LogP contribution is -2.51. The number of urea groups is 1. The Morgan fingerprint density at radius 1 is 1.15 bits per heavy atom. The summed E-state index contributed by atoms with van der Waals surface area (Å²) in [5.41, 5.74) is 0. The van der Waals surface area contributed by atoms with Crippen LogP contribution in [0.2, 0.25) is 0 Å². The number of carbonyl (C=O) groups is 2. The zero-order chi connectivity index (χ0) is 14.8. The van der Waals surface area contributed by atoms with Crippen molar-refractivity contribution in [3.05, 3.63) is 0 Å². The summed E-state index contributed by atoms with van der Waals surface area (Å²) >= 11 is 0. The first-order chi connectivity index (χ1) is 9.37. The maximum atomic E-state index is 12.1. The number of aliphatic carboxylic acids is 1. The molecule has 2 aliphatic heterocycles. The van der Waals surface area contributed by atoms with E-state index in [2.05, 4.69) is 5.32 Å². The Bertz CT molecular complexity index is 476. The first-order valence-corrected chi connectivity index (χ1v) is 8.68. The number of rotatable bonds is 2. The van der Waals surface area contributed by atoms with Crippen molar-refractivity contribution in [2.24, 2.45) is 5.92 Å². The molecule has 8 heteroatoms. The average molecular weight is 304 g/mol. The Balaban J connectivity index is 1.84. The van der Waals surface area contributed by atoms with Gasteiger partial charge in [0.25, 0.3) is 0 Å². The van der Waals surface area contributed by atoms with E-state index >= 15 is 0 Å². The van der Waals surface area contributed by atoms with Gasteiger partial charge in [0.2, 0.25) is 0 Å². The van der Waals surface area contributed by atoms with Gasteiger partial charge in [0, 0.05) is 19.1 Å². The molecule has 0 spiro atoms. The number of hydrogen-bond donors (Lipinski definition) is 2. The molecule has 0 aromatic rings. The summed E-state index contributed by atoms with van der Waals surface area (Å²) in [4.78, 5) is 24.5. The summed E-state index contributed by atoms with van der Waals surface area (Å²) in [6, 6.07) is -0.406. The number of nitrogens with zero attached hydrogens (tertiary/aromatic N) is 1. The van der Waals surface area contributed by atoms with Crippen molar-refractivity contribution in [3.8, 4) is 0 Å². The number of carboxylic acid groups (broad SMARTS) is 1. The number of likely N-dealkylation sites (tertiary alicyclic amines) is 1. The van der Waals surface area contributed by atoms with Gasteiger partial charge in [-0.05, 0) is 25.7 Å². The Morgan fingerprint density at radius 2 is 1.80 bits per heavy atom. The molecule has 0 saturated carbocycles. The van der Waals surface area contributed by atoms with Crippen LogP contribution in [-0.2, 0) is 14.6 Å². The Kier molecular flexibility index (Phi) is 4.52. The summed E-state index contributed by atoms with van der Waals surface area (Å²) in [6.07, 6.45) is 2.15. The van der Waals surface area contributed by atoms with Crippen molar-refractivity contribution in [2.45, 2.75) is 31.7 Å². The highest BCUT2D eigenvalue weighted by Gasteiger charge is 2.30. The summed E-state index contributed by atoms with van der Waals surface area (Å²) in [5, 5.41) is 11.8. The second kappa shape index (κ2) is 5.99. The number of piperidine rings is 1. The van der Waals surface area contributed by atoms with Crippen LogP contribution < -0.4 is 5.32 Å². The molecule has 7 nitrogen and oxygen atoms in total. The van der Waals surface area contributed by atoms with Crippen molar-refractivity contribution in [3.63, 3.8) is 0 Å². The molecule has 2 fully saturated rings. The highest BCUT2D eigenvalue weighted by Crippen LogP contribution is 2.18. The van der Waals surface area contributed by atoms with Gasteiger partial charge in [0.15, 0.2) is 0 Å². The van der Waals surface area contributed by atoms with E-state index < -0.39 is 21.7 Å². The van der Waals surface area contributed by atoms with Crippen LogP contribution in [0.3, 0.4) is 0 Å². The van der Waals surface area contributed by atoms with Crippen molar-refractivity contribution in [2.75, 3.05) is 24.6 Å². The van der Waals surface area contributed by atoms with Crippen LogP contribution in [0.15, 0.2) is 0 Å². The van der Waals surface area contributed by atoms with Crippen LogP contribution in [0.5, 0.6) is 0 Å². The van der Waals surface area contributed by atoms with Gasteiger partial charge >= 0.3 is 12.0 Å². The van der Waals surface area contributed by atoms with E-state index in [0.29, 0.717) is 32.2 Å². The smallest absolute Gasteiger partial charge is 0.317 e. The monoisotopic (exact) mass is 304 g/mol. The molecule has 2 aliphatic rings. The fraction of sp³-hybridized carbons (Fsp3) is 0.833. The quantitative estimate of drug-likeness (QED) is 0.751. The second-order valence-corrected chi connectivity index (χ2v) is 7.80. The molecule has 0 unspecified atom stereocenters. The topological polar surface area (TPSA) is 104 Å². The zero-order valence-corrected chi connectivity index (χ0v) is 12.1. The largest absolute Gasteiger partial charge is 0.481 e. The Labute approximate surface area is 118 Å². The summed E-state index contributed by atoms with van der Waals surface area (Å²) in [6.45, 7) is 0.785. The Hall–Kier alpha value is -1.31. The maximum Gasteiger partial charge on any atom is 0.317 e. The van der Waals surface area contributed by atoms with Crippen LogP contribution in [0, 0.1) is 5.92 Å². The molecule has 2 saturated heterocycles. The van der Waals surface area contributed by atoms with Gasteiger partial charge in [-0.15, -0.1) is 0 Å². The van der Waals surface area contributed by atoms with Gasteiger partial charge in [-0.3, -0.25) is 4.79 Å². The van der Waals surface area contributed by atoms with E-state index in [0.717, 1.165) is 0 Å². The number of hydrogen-bond acceptors (Lipinski definition) is 4. The fourth-order valence-electron chi connectivity index (χ4n) is 2.66. The first kappa shape index (κ1) is 15.1. The fourth-order valence-corrected chi connectivity index (χ4v) is 4.15. The summed E-state index contributed by atoms with van der Waals surface area (Å²) in [5.74, 6) is -1.15. The SMILES string of the molecule is O=C(O)[C@@H]1CCCN(C(=O)NC2CCS(=O)(=O)CC2)C1. The molecule has 0 aromatic heterocycles. The number of amides is 2. The van der Waals surface area contributed by atoms with Crippen LogP contribution in [0.25, 0.3) is 0 Å². The highest BCUT2D eigenvalue weighted by atomic mass is 32.2. The maximum absolute atomic E-state index is 12.1. The van der Waals surface area contributed by atoms with Crippen molar-refractivity contribution >= 4 is 21.8 Å². The van der Waals surface area contributed by atoms with E-state index in [-0.39, 0.29) is 30.1 Å². The normalized spacial score (nSPS) is 27.0. The van der Waals surface area contributed by atoms with Gasteiger partial charge in [-0.1, -0.05) is 0 Å². The van der Waals surface area contributed by atoms with E-state index in [9.17, 15) is 18.0 Å². The predicted octanol–water partition coefficient (Wildman–Crippen LogP) is 0.0698. The molecule has 2 N–H and O–H groups in total. The summed E-state index contributed by atoms with van der Waals surface area (Å²) in [7, 11) is -2.94. The van der Waals surface area contributed by atoms with Crippen LogP contribution in [0.4, 0.5) is 4.79 Å². The molecule has 0 aromatic carbocycles. The van der Waals surface area contributed by atoms with Gasteiger partial charge in [-0.25, -0.2) is 13.2 Å². The average Bonchev–Trinajstić information content (AvgIpc) is 2.41. The third-order valence-electron chi connectivity index (χ3n) is 3.94. The molecular formula is C12H20N2O5S. The standard InChI is InChI=1S/C12H20N2O5S/c15-11(16)9-2-1-5-14(8-9)12(17)13-10-3-6-20(18,19)7-4-10/h9-10H,1-8H2,(H,13,17)(H,15,16)/t9-/m1/s1. The van der Waals surface area contributed by atoms with E-state index in [1.807, 2.05) is 0 Å². The zero-order valence-electron chi connectivity index (χ0n) is 11.2. The number of carbonyl (C=O) groups excluding carboxylic acids is 1. The van der Waals surface area contributed by atoms with Gasteiger partial charge in [0.05, 0.1) is 17.4 Å². The first-order valence-electron chi connectivity index (χ1n) is 6.86. The predicted molar refractivity (Wildman–Crippen MR) is 72.1 cm³/mol. The van der Waals surface area contributed by atoms with Gasteiger partial charge in [-0.2, -0.15) is 0 Å². The third-order valence-corrected chi connectivity index (χ3v) is 5.66. The molecular weight excluding hydrogens is 284 g/mol. The van der Waals surface area contributed by atoms with Crippen LogP contribution in [0.1, 0.15) is 25.7 Å². The van der Waals surface area contributed by atoms with Gasteiger partial charge in [0.1, 0.15) is 9.84 Å². The number of sulfone groups is 1. The molecule has 0 radical (unpaired) electrons. The van der Waals surface area contributed by atoms with E-state index in [4.69, 9.17) is 5.11 Å². The number of carboxylic acids is 1. The second-order valence-electron chi connectivity index (χ2n) is 5.50. The molecule has 2 amide bonds. The minimum Gasteiger partial charge on any atom is -0.481 e. The van der Waals surface area contributed by atoms with Crippen molar-refractivity contribution < 1.29 is 23.1 Å². The van der Waals surface area contributed by atoms with Crippen molar-refractivity contribution in [1.82, 2.24) is 10.2 Å². The lowest BCUT2D eigenvalue weighted by Gasteiger charge is -2.33. The van der Waals surface area contributed by atoms with Gasteiger partial charge < -0.3 is 15.3 Å². The molecule has 0 aliphatic carbocycles. The molecule has 114 valence electrons. The minimum absolute atomic E-state index is 0.107. The lowest BCUT2D eigenvalue weighted by molar-refractivity contribution is -0.143. The molecule has 2 rings (SSSR count). The summed E-state index contributed by atoms with van der Waals surface area (Å²) < 4.78 is 22.6. The highest BCUT2D eigenvalue weighted by molar-refractivity contribution is 7.91. The molecule has 20 heavy (non-hydrogen) atoms. The van der Waals surface area contributed by atoms with E-state index in [1.165, 1.54) is 4.90 Å². The van der Waals surface area contributed by atoms with E-state index in [1.54, 1.807) is 0 Å². The third kappa shape index (κ3) is 3.84. The Morgan fingerprint density at radius 3 is 2.40 bits per heavy atom. The molecule has 0 bridgehead atoms. The molecule has 2 heterocycles.